The SMILES string of the molecule is [C-]#[O+].[C-]#[O+].[C-]#[O+].[C-]#[O+].[C-]#[O+].[C-]#[O+].[Co].[Co].c1ccc(P(c2ccccc2)c2ccccc2)cc1.c1ccc(P(c2ccccc2)c2ccccc2)cc1. The minimum absolute atomic E-state index is 0. The van der Waals surface area contributed by atoms with Crippen molar-refractivity contribution in [3.05, 3.63) is 222 Å². The summed E-state index contributed by atoms with van der Waals surface area (Å²) in [5.41, 5.74) is 0. The molecule has 0 spiro atoms. The summed E-state index contributed by atoms with van der Waals surface area (Å²) in [6, 6.07) is 64.7. The average Bonchev–Trinajstić information content (AvgIpc) is 3.25. The van der Waals surface area contributed by atoms with E-state index in [0.29, 0.717) is 0 Å². The second-order valence-electron chi connectivity index (χ2n) is 8.68. The van der Waals surface area contributed by atoms with Gasteiger partial charge in [-0.05, 0) is 47.7 Å². The molecule has 2 radical (unpaired) electrons. The monoisotopic (exact) mass is 810 g/mol. The maximum Gasteiger partial charge on any atom is 0 e. The van der Waals surface area contributed by atoms with Gasteiger partial charge >= 0.3 is 67.8 Å². The zero-order chi connectivity index (χ0) is 37.8. The van der Waals surface area contributed by atoms with E-state index >= 15 is 0 Å². The Labute approximate surface area is 329 Å². The van der Waals surface area contributed by atoms with Crippen molar-refractivity contribution in [1.29, 1.82) is 0 Å². The summed E-state index contributed by atoms with van der Waals surface area (Å²) in [7, 11) is -0.892. The van der Waals surface area contributed by atoms with Crippen molar-refractivity contribution < 1.29 is 61.5 Å². The summed E-state index contributed by atoms with van der Waals surface area (Å²) in [6.07, 6.45) is 0. The molecule has 0 fully saturated rings. The fraction of sp³-hybridized carbons (Fsp3) is 0. The molecule has 0 bridgehead atoms. The van der Waals surface area contributed by atoms with Crippen molar-refractivity contribution >= 4 is 47.7 Å². The van der Waals surface area contributed by atoms with Crippen molar-refractivity contribution in [2.75, 3.05) is 0 Å². The minimum Gasteiger partial charge on any atom is -0.0622 e. The van der Waals surface area contributed by atoms with Crippen LogP contribution in [0.1, 0.15) is 0 Å². The van der Waals surface area contributed by atoms with Crippen LogP contribution in [0.4, 0.5) is 0 Å². The molecule has 0 heterocycles. The second kappa shape index (κ2) is 39.4. The van der Waals surface area contributed by atoms with E-state index in [1.54, 1.807) is 0 Å². The molecule has 10 heteroatoms. The summed E-state index contributed by atoms with van der Waals surface area (Å²) >= 11 is 0. The van der Waals surface area contributed by atoms with E-state index in [1.165, 1.54) is 31.8 Å². The van der Waals surface area contributed by atoms with Gasteiger partial charge in [-0.2, -0.15) is 0 Å². The van der Waals surface area contributed by atoms with E-state index in [2.05, 4.69) is 222 Å². The number of benzene rings is 6. The van der Waals surface area contributed by atoms with Crippen molar-refractivity contribution in [2.45, 2.75) is 0 Å². The Hall–Kier alpha value is -4.37. The fourth-order valence-electron chi connectivity index (χ4n) is 4.36. The van der Waals surface area contributed by atoms with E-state index in [9.17, 15) is 0 Å². The third-order valence-electron chi connectivity index (χ3n) is 6.09. The first-order valence-electron chi connectivity index (χ1n) is 14.0. The van der Waals surface area contributed by atoms with Gasteiger partial charge in [-0.25, -0.2) is 0 Å². The number of hydrogen-bond acceptors (Lipinski definition) is 0. The van der Waals surface area contributed by atoms with Gasteiger partial charge in [-0.1, -0.05) is 182 Å². The molecule has 52 heavy (non-hydrogen) atoms. The molecule has 0 saturated carbocycles. The fourth-order valence-corrected chi connectivity index (χ4v) is 8.97. The molecule has 6 aromatic carbocycles. The summed E-state index contributed by atoms with van der Waals surface area (Å²) < 4.78 is 45.0. The Morgan fingerprint density at radius 2 is 0.308 bits per heavy atom. The van der Waals surface area contributed by atoms with Gasteiger partial charge in [0.05, 0.1) is 0 Å². The van der Waals surface area contributed by atoms with Crippen LogP contribution in [0.2, 0.25) is 0 Å². The Kier molecular flexibility index (Phi) is 41.2. The summed E-state index contributed by atoms with van der Waals surface area (Å²) in [4.78, 5) is 0. The Morgan fingerprint density at radius 1 is 0.212 bits per heavy atom. The van der Waals surface area contributed by atoms with Crippen LogP contribution in [-0.4, -0.2) is 0 Å². The van der Waals surface area contributed by atoms with E-state index in [0.717, 1.165) is 0 Å². The molecule has 0 unspecified atom stereocenters. The molecular formula is C42H30Co2O6P2. The van der Waals surface area contributed by atoms with Gasteiger partial charge in [0.15, 0.2) is 0 Å². The van der Waals surface area contributed by atoms with Gasteiger partial charge in [0.1, 0.15) is 0 Å². The van der Waals surface area contributed by atoms with Gasteiger partial charge in [0.2, 0.25) is 0 Å². The summed E-state index contributed by atoms with van der Waals surface area (Å²) in [6.45, 7) is 27.0. The van der Waals surface area contributed by atoms with Crippen LogP contribution in [0.5, 0.6) is 0 Å². The molecule has 6 aromatic rings. The maximum atomic E-state index is 7.50. The molecule has 0 N–H and O–H groups in total. The molecule has 0 amide bonds. The average molecular weight is 811 g/mol. The van der Waals surface area contributed by atoms with Crippen molar-refractivity contribution in [3.63, 3.8) is 0 Å². The van der Waals surface area contributed by atoms with Crippen LogP contribution in [0, 0.1) is 39.9 Å². The summed E-state index contributed by atoms with van der Waals surface area (Å²) in [5.74, 6) is 0. The van der Waals surface area contributed by atoms with Crippen LogP contribution in [-0.2, 0) is 61.5 Å². The molecule has 0 saturated heterocycles. The Balaban J connectivity index is -0.000000334. The molecule has 0 aliphatic rings. The minimum atomic E-state index is -0.446. The van der Waals surface area contributed by atoms with Crippen LogP contribution in [0.3, 0.4) is 0 Å². The van der Waals surface area contributed by atoms with Gasteiger partial charge < -0.3 is 0 Å². The molecule has 262 valence electrons. The standard InChI is InChI=1S/2C18H15P.6CO.2Co/c2*1-4-10-16(11-5-1)19(17-12-6-2-7-13-17)18-14-8-3-9-15-18;6*1-2;;/h2*1-15H;;;;;;;;. The van der Waals surface area contributed by atoms with Crippen LogP contribution in [0.15, 0.2) is 182 Å². The van der Waals surface area contributed by atoms with Gasteiger partial charge in [-0.15, -0.1) is 0 Å². The predicted molar refractivity (Wildman–Crippen MR) is 194 cm³/mol. The molecule has 6 rings (SSSR count). The topological polar surface area (TPSA) is 119 Å². The van der Waals surface area contributed by atoms with Gasteiger partial charge in [-0.3, -0.25) is 0 Å². The third-order valence-corrected chi connectivity index (χ3v) is 11.0. The first-order chi connectivity index (χ1) is 24.9. The van der Waals surface area contributed by atoms with Crippen molar-refractivity contribution in [2.24, 2.45) is 0 Å². The van der Waals surface area contributed by atoms with E-state index in [-0.39, 0.29) is 33.6 Å². The predicted octanol–water partition coefficient (Wildman–Crippen LogP) is 6.66. The third kappa shape index (κ3) is 19.9. The van der Waals surface area contributed by atoms with Crippen LogP contribution < -0.4 is 31.8 Å². The number of rotatable bonds is 6. The smallest absolute Gasteiger partial charge is 0 e. The molecule has 0 aliphatic heterocycles. The van der Waals surface area contributed by atoms with E-state index in [4.69, 9.17) is 27.9 Å². The zero-order valence-electron chi connectivity index (χ0n) is 27.3. The first kappa shape index (κ1) is 54.4. The second-order valence-corrected chi connectivity index (χ2v) is 13.1. The van der Waals surface area contributed by atoms with Gasteiger partial charge in [0, 0.05) is 33.6 Å². The van der Waals surface area contributed by atoms with Gasteiger partial charge in [0.25, 0.3) is 0 Å². The molecule has 0 atom stereocenters. The molecule has 6 nitrogen and oxygen atoms in total. The molecular weight excluding hydrogens is 780 g/mol. The van der Waals surface area contributed by atoms with Crippen molar-refractivity contribution in [1.82, 2.24) is 0 Å². The Morgan fingerprint density at radius 3 is 0.404 bits per heavy atom. The van der Waals surface area contributed by atoms with Crippen LogP contribution in [0.25, 0.3) is 0 Å². The largest absolute Gasteiger partial charge is 0.0622 e. The normalized spacial score (nSPS) is 7.96. The quantitative estimate of drug-likeness (QED) is 0.102. The van der Waals surface area contributed by atoms with Crippen molar-refractivity contribution in [3.8, 4) is 0 Å². The number of hydrogen-bond donors (Lipinski definition) is 0. The molecule has 0 aliphatic carbocycles. The first-order valence-corrected chi connectivity index (χ1v) is 16.7. The maximum absolute atomic E-state index is 7.50. The van der Waals surface area contributed by atoms with E-state index < -0.39 is 15.8 Å². The molecule has 0 aromatic heterocycles. The summed E-state index contributed by atoms with van der Waals surface area (Å²) in [5, 5.41) is 8.39. The Bertz CT molecular complexity index is 1430. The zero-order valence-corrected chi connectivity index (χ0v) is 31.2. The van der Waals surface area contributed by atoms with E-state index in [1.807, 2.05) is 0 Å². The van der Waals surface area contributed by atoms with Crippen LogP contribution >= 0.6 is 15.8 Å².